The third kappa shape index (κ3) is 4.94. The maximum absolute atomic E-state index is 10.7. The monoisotopic (exact) mass is 401 g/mol. The molecule has 4 nitrogen and oxygen atoms in total. The minimum Gasteiger partial charge on any atom is -0.282 e. The average molecular weight is 402 g/mol. The van der Waals surface area contributed by atoms with Crippen molar-refractivity contribution in [2.75, 3.05) is 6.26 Å². The molecular weight excluding hydrogens is 386 g/mol. The average Bonchev–Trinajstić information content (AvgIpc) is 2.88. The Kier molecular flexibility index (Phi) is 6.28. The normalized spacial score (nSPS) is 11.2. The van der Waals surface area contributed by atoms with Crippen molar-refractivity contribution in [1.29, 1.82) is 0 Å². The molecule has 0 atom stereocenters. The molecule has 0 radical (unpaired) electrons. The number of nitrogens with zero attached hydrogens (tertiary/aromatic N) is 1. The molecule has 1 N–H and O–H groups in total. The van der Waals surface area contributed by atoms with E-state index in [2.05, 4.69) is 4.98 Å². The van der Waals surface area contributed by atoms with Crippen LogP contribution in [0.1, 0.15) is 11.1 Å². The first-order chi connectivity index (χ1) is 11.2. The van der Waals surface area contributed by atoms with Gasteiger partial charge in [0.25, 0.3) is 10.1 Å². The third-order valence-electron chi connectivity index (χ3n) is 3.11. The van der Waals surface area contributed by atoms with Crippen molar-refractivity contribution in [3.05, 3.63) is 52.5 Å². The molecular formula is C16H16ClNO3S3. The summed E-state index contributed by atoms with van der Waals surface area (Å²) in [5, 5.41) is 0.750. The maximum Gasteiger partial charge on any atom is 0.294 e. The van der Waals surface area contributed by atoms with E-state index in [0.29, 0.717) is 5.56 Å². The highest BCUT2D eigenvalue weighted by molar-refractivity contribution is 8.00. The van der Waals surface area contributed by atoms with Crippen LogP contribution in [-0.2, 0) is 10.1 Å². The van der Waals surface area contributed by atoms with Crippen LogP contribution in [0.15, 0.2) is 45.6 Å². The topological polar surface area (TPSA) is 67.3 Å². The quantitative estimate of drug-likeness (QED) is 0.470. The second-order valence-electron chi connectivity index (χ2n) is 5.04. The molecule has 0 bridgehead atoms. The van der Waals surface area contributed by atoms with Crippen molar-refractivity contribution in [1.82, 2.24) is 4.98 Å². The Morgan fingerprint density at radius 3 is 2.46 bits per heavy atom. The summed E-state index contributed by atoms with van der Waals surface area (Å²) in [7, 11) is -4.05. The summed E-state index contributed by atoms with van der Waals surface area (Å²) in [5.41, 5.74) is 2.54. The van der Waals surface area contributed by atoms with Crippen LogP contribution in [0.5, 0.6) is 0 Å². The lowest BCUT2D eigenvalue weighted by atomic mass is 10.2. The van der Waals surface area contributed by atoms with Crippen molar-refractivity contribution in [2.24, 2.45) is 0 Å². The van der Waals surface area contributed by atoms with Gasteiger partial charge in [0.1, 0.15) is 0 Å². The van der Waals surface area contributed by atoms with Gasteiger partial charge in [0.15, 0.2) is 4.34 Å². The van der Waals surface area contributed by atoms with Crippen LogP contribution in [0.3, 0.4) is 0 Å². The fourth-order valence-corrected chi connectivity index (χ4v) is 4.40. The Bertz CT molecular complexity index is 968. The van der Waals surface area contributed by atoms with E-state index in [1.54, 1.807) is 42.2 Å². The molecule has 0 aliphatic rings. The molecule has 3 aromatic rings. The standard InChI is InChI=1S/C8H6ClNS2.C8H10O3S/c1-11-8-10-6-4-5(9)2-3-7(6)12-8;1-6-3-4-8(7(2)5-6)12(9,10)11/h2-4H,1H3;3-5H,1-2H3,(H,9,10,11). The molecule has 0 aliphatic carbocycles. The van der Waals surface area contributed by atoms with Gasteiger partial charge < -0.3 is 0 Å². The van der Waals surface area contributed by atoms with Gasteiger partial charge in [-0.25, -0.2) is 4.98 Å². The van der Waals surface area contributed by atoms with Gasteiger partial charge in [-0.15, -0.1) is 11.3 Å². The molecule has 0 saturated heterocycles. The van der Waals surface area contributed by atoms with Gasteiger partial charge in [-0.1, -0.05) is 41.1 Å². The van der Waals surface area contributed by atoms with Crippen molar-refractivity contribution in [3.63, 3.8) is 0 Å². The van der Waals surface area contributed by atoms with E-state index in [4.69, 9.17) is 16.2 Å². The molecule has 24 heavy (non-hydrogen) atoms. The highest BCUT2D eigenvalue weighted by Crippen LogP contribution is 2.29. The summed E-state index contributed by atoms with van der Waals surface area (Å²) < 4.78 is 32.5. The molecule has 0 saturated carbocycles. The highest BCUT2D eigenvalue weighted by Gasteiger charge is 2.11. The molecule has 2 aromatic carbocycles. The lowest BCUT2D eigenvalue weighted by Crippen LogP contribution is -2.00. The molecule has 0 spiro atoms. The molecule has 0 fully saturated rings. The van der Waals surface area contributed by atoms with Crippen molar-refractivity contribution in [2.45, 2.75) is 23.1 Å². The minimum atomic E-state index is -4.05. The van der Waals surface area contributed by atoms with Crippen LogP contribution < -0.4 is 0 Å². The molecule has 8 heteroatoms. The summed E-state index contributed by atoms with van der Waals surface area (Å²) >= 11 is 9.19. The van der Waals surface area contributed by atoms with Crippen LogP contribution >= 0.6 is 34.7 Å². The SMILES string of the molecule is CSc1nc2cc(Cl)ccc2s1.Cc1ccc(S(=O)(=O)O)c(C)c1. The van der Waals surface area contributed by atoms with Crippen LogP contribution in [-0.4, -0.2) is 24.2 Å². The number of fused-ring (bicyclic) bond motifs is 1. The molecule has 128 valence electrons. The Morgan fingerprint density at radius 1 is 1.17 bits per heavy atom. The lowest BCUT2D eigenvalue weighted by Gasteiger charge is -2.02. The van der Waals surface area contributed by atoms with E-state index in [9.17, 15) is 8.42 Å². The number of halogens is 1. The summed E-state index contributed by atoms with van der Waals surface area (Å²) in [6.45, 7) is 3.51. The number of aryl methyl sites for hydroxylation is 2. The van der Waals surface area contributed by atoms with E-state index in [-0.39, 0.29) is 4.90 Å². The van der Waals surface area contributed by atoms with Gasteiger partial charge >= 0.3 is 0 Å². The van der Waals surface area contributed by atoms with Gasteiger partial charge in [-0.2, -0.15) is 8.42 Å². The Hall–Kier alpha value is -1.12. The summed E-state index contributed by atoms with van der Waals surface area (Å²) in [6, 6.07) is 10.6. The fraction of sp³-hybridized carbons (Fsp3) is 0.188. The second kappa shape index (κ2) is 7.84. The van der Waals surface area contributed by atoms with Crippen molar-refractivity contribution < 1.29 is 13.0 Å². The number of thiazole rings is 1. The van der Waals surface area contributed by atoms with Gasteiger partial charge in [0.05, 0.1) is 15.1 Å². The van der Waals surface area contributed by atoms with Gasteiger partial charge in [0, 0.05) is 5.02 Å². The first-order valence-corrected chi connectivity index (χ1v) is 10.7. The number of hydrogen-bond donors (Lipinski definition) is 1. The Labute approximate surface area is 154 Å². The smallest absolute Gasteiger partial charge is 0.282 e. The maximum atomic E-state index is 10.7. The number of thioether (sulfide) groups is 1. The van der Waals surface area contributed by atoms with Gasteiger partial charge in [0.2, 0.25) is 0 Å². The molecule has 0 unspecified atom stereocenters. The van der Waals surface area contributed by atoms with E-state index < -0.39 is 10.1 Å². The first kappa shape index (κ1) is 19.2. The number of rotatable bonds is 2. The zero-order valence-corrected chi connectivity index (χ0v) is 16.5. The van der Waals surface area contributed by atoms with E-state index in [1.165, 1.54) is 10.8 Å². The zero-order valence-electron chi connectivity index (χ0n) is 13.3. The Balaban J connectivity index is 0.000000174. The Morgan fingerprint density at radius 2 is 1.88 bits per heavy atom. The molecule has 1 heterocycles. The predicted octanol–water partition coefficient (Wildman–Crippen LogP) is 5.22. The van der Waals surface area contributed by atoms with Crippen molar-refractivity contribution >= 4 is 55.0 Å². The third-order valence-corrected chi connectivity index (χ3v) is 6.38. The predicted molar refractivity (Wildman–Crippen MR) is 102 cm³/mol. The van der Waals surface area contributed by atoms with Crippen LogP contribution in [0.25, 0.3) is 10.2 Å². The van der Waals surface area contributed by atoms with Crippen molar-refractivity contribution in [3.8, 4) is 0 Å². The fourth-order valence-electron chi connectivity index (χ4n) is 2.06. The van der Waals surface area contributed by atoms with E-state index in [1.807, 2.05) is 31.4 Å². The molecule has 0 amide bonds. The van der Waals surface area contributed by atoms with E-state index >= 15 is 0 Å². The van der Waals surface area contributed by atoms with Gasteiger partial charge in [-0.05, 0) is 49.9 Å². The second-order valence-corrected chi connectivity index (χ2v) is 8.95. The minimum absolute atomic E-state index is 0.0203. The van der Waals surface area contributed by atoms with Crippen LogP contribution in [0.2, 0.25) is 5.02 Å². The number of aromatic nitrogens is 1. The lowest BCUT2D eigenvalue weighted by molar-refractivity contribution is 0.482. The van der Waals surface area contributed by atoms with Crippen LogP contribution in [0.4, 0.5) is 0 Å². The summed E-state index contributed by atoms with van der Waals surface area (Å²) in [4.78, 5) is 4.37. The largest absolute Gasteiger partial charge is 0.294 e. The molecule has 1 aromatic heterocycles. The first-order valence-electron chi connectivity index (χ1n) is 6.85. The summed E-state index contributed by atoms with van der Waals surface area (Å²) in [5.74, 6) is 0. The van der Waals surface area contributed by atoms with Gasteiger partial charge in [-0.3, -0.25) is 4.55 Å². The number of hydrogen-bond acceptors (Lipinski definition) is 5. The summed E-state index contributed by atoms with van der Waals surface area (Å²) in [6.07, 6.45) is 2.03. The number of benzene rings is 2. The highest BCUT2D eigenvalue weighted by atomic mass is 35.5. The van der Waals surface area contributed by atoms with E-state index in [0.717, 1.165) is 20.4 Å². The molecule has 0 aliphatic heterocycles. The van der Waals surface area contributed by atoms with Crippen LogP contribution in [0, 0.1) is 13.8 Å². The molecule has 3 rings (SSSR count). The zero-order chi connectivity index (χ0) is 17.9.